The highest BCUT2D eigenvalue weighted by Crippen LogP contribution is 1.97. The average Bonchev–Trinajstić information content (AvgIpc) is 2.21. The molecule has 0 saturated heterocycles. The van der Waals surface area contributed by atoms with Gasteiger partial charge >= 0.3 is 0 Å². The largest absolute Gasteiger partial charge is 0.395 e. The van der Waals surface area contributed by atoms with E-state index in [2.05, 4.69) is 30.6 Å². The maximum Gasteiger partial charge on any atom is 0.0558 e. The summed E-state index contributed by atoms with van der Waals surface area (Å²) in [6.07, 6.45) is 2.10. The van der Waals surface area contributed by atoms with Crippen molar-refractivity contribution >= 4 is 0 Å². The van der Waals surface area contributed by atoms with Gasteiger partial charge in [-0.05, 0) is 19.4 Å². The number of likely N-dealkylation sites (N-methyl/N-ethyl adjacent to an activating group) is 1. The highest BCUT2D eigenvalue weighted by molar-refractivity contribution is 4.91. The van der Waals surface area contributed by atoms with E-state index in [-0.39, 0.29) is 6.61 Å². The van der Waals surface area contributed by atoms with E-state index < -0.39 is 0 Å². The molecular formula is C11H24N2O. The predicted octanol–water partition coefficient (Wildman–Crippen LogP) is 1.20. The van der Waals surface area contributed by atoms with Crippen molar-refractivity contribution in [2.45, 2.75) is 26.7 Å². The fourth-order valence-electron chi connectivity index (χ4n) is 1.25. The number of aliphatic hydroxyl groups is 1. The molecule has 2 N–H and O–H groups in total. The van der Waals surface area contributed by atoms with Crippen molar-refractivity contribution in [1.29, 1.82) is 0 Å². The van der Waals surface area contributed by atoms with Crippen LogP contribution in [0.4, 0.5) is 0 Å². The minimum atomic E-state index is 0.239. The smallest absolute Gasteiger partial charge is 0.0558 e. The molecule has 0 aliphatic carbocycles. The highest BCUT2D eigenvalue weighted by Gasteiger charge is 2.01. The summed E-state index contributed by atoms with van der Waals surface area (Å²) < 4.78 is 0. The second kappa shape index (κ2) is 9.03. The Kier molecular flexibility index (Phi) is 8.68. The Morgan fingerprint density at radius 2 is 2.07 bits per heavy atom. The van der Waals surface area contributed by atoms with Crippen molar-refractivity contribution in [3.63, 3.8) is 0 Å². The molecule has 3 nitrogen and oxygen atoms in total. The van der Waals surface area contributed by atoms with E-state index >= 15 is 0 Å². The van der Waals surface area contributed by atoms with Crippen LogP contribution >= 0.6 is 0 Å². The number of hydrogen-bond donors (Lipinski definition) is 2. The number of rotatable bonds is 9. The van der Waals surface area contributed by atoms with Crippen LogP contribution in [0.2, 0.25) is 0 Å². The Morgan fingerprint density at radius 1 is 1.36 bits per heavy atom. The third-order valence-corrected chi connectivity index (χ3v) is 2.22. The van der Waals surface area contributed by atoms with Gasteiger partial charge in [-0.2, -0.15) is 0 Å². The second-order valence-corrected chi connectivity index (χ2v) is 3.44. The average molecular weight is 200 g/mol. The SMILES string of the molecule is C=C(CCN(CC)CCO)NCCC. The Balaban J connectivity index is 3.52. The van der Waals surface area contributed by atoms with Gasteiger partial charge in [0.25, 0.3) is 0 Å². The standard InChI is InChI=1S/C11H24N2O/c1-4-7-12-11(3)6-8-13(5-2)9-10-14/h12,14H,3-10H2,1-2H3. The molecule has 0 aromatic rings. The molecule has 0 aromatic heterocycles. The Labute approximate surface area is 87.8 Å². The van der Waals surface area contributed by atoms with Crippen LogP contribution in [-0.4, -0.2) is 42.8 Å². The molecule has 14 heavy (non-hydrogen) atoms. The van der Waals surface area contributed by atoms with Crippen LogP contribution in [-0.2, 0) is 0 Å². The van der Waals surface area contributed by atoms with Gasteiger partial charge in [0.05, 0.1) is 6.61 Å². The molecule has 0 bridgehead atoms. The van der Waals surface area contributed by atoms with Crippen LogP contribution in [0.25, 0.3) is 0 Å². The molecular weight excluding hydrogens is 176 g/mol. The van der Waals surface area contributed by atoms with E-state index in [0.29, 0.717) is 0 Å². The second-order valence-electron chi connectivity index (χ2n) is 3.44. The molecule has 0 amide bonds. The summed E-state index contributed by atoms with van der Waals surface area (Å²) in [5, 5.41) is 12.1. The minimum absolute atomic E-state index is 0.239. The fraction of sp³-hybridized carbons (Fsp3) is 0.818. The lowest BCUT2D eigenvalue weighted by Gasteiger charge is -2.19. The molecule has 0 radical (unpaired) electrons. The molecule has 0 fully saturated rings. The number of nitrogens with one attached hydrogen (secondary N) is 1. The summed E-state index contributed by atoms with van der Waals surface area (Å²) in [6.45, 7) is 12.2. The van der Waals surface area contributed by atoms with E-state index in [1.54, 1.807) is 0 Å². The number of nitrogens with zero attached hydrogens (tertiary/aromatic N) is 1. The molecule has 0 aromatic carbocycles. The zero-order valence-electron chi connectivity index (χ0n) is 9.55. The van der Waals surface area contributed by atoms with Crippen molar-refractivity contribution in [3.8, 4) is 0 Å². The molecule has 0 aliphatic heterocycles. The monoisotopic (exact) mass is 200 g/mol. The first-order chi connectivity index (χ1) is 6.74. The lowest BCUT2D eigenvalue weighted by Crippen LogP contribution is -2.29. The van der Waals surface area contributed by atoms with Crippen molar-refractivity contribution in [1.82, 2.24) is 10.2 Å². The van der Waals surface area contributed by atoms with Crippen LogP contribution in [0, 0.1) is 0 Å². The molecule has 0 heterocycles. The lowest BCUT2D eigenvalue weighted by atomic mass is 10.3. The van der Waals surface area contributed by atoms with Gasteiger partial charge in [0.1, 0.15) is 0 Å². The van der Waals surface area contributed by atoms with Crippen LogP contribution in [0.3, 0.4) is 0 Å². The summed E-state index contributed by atoms with van der Waals surface area (Å²) >= 11 is 0. The maximum atomic E-state index is 8.79. The predicted molar refractivity (Wildman–Crippen MR) is 61.3 cm³/mol. The van der Waals surface area contributed by atoms with Crippen LogP contribution in [0.1, 0.15) is 26.7 Å². The van der Waals surface area contributed by atoms with E-state index in [1.165, 1.54) is 0 Å². The van der Waals surface area contributed by atoms with Crippen LogP contribution < -0.4 is 5.32 Å². The van der Waals surface area contributed by atoms with Gasteiger partial charge < -0.3 is 15.3 Å². The van der Waals surface area contributed by atoms with Gasteiger partial charge in [-0.25, -0.2) is 0 Å². The third kappa shape index (κ3) is 6.92. The van der Waals surface area contributed by atoms with Crippen molar-refractivity contribution in [3.05, 3.63) is 12.3 Å². The molecule has 0 aliphatic rings. The Hall–Kier alpha value is -0.540. The Bertz CT molecular complexity index is 148. The van der Waals surface area contributed by atoms with Gasteiger partial charge in [0, 0.05) is 25.3 Å². The third-order valence-electron chi connectivity index (χ3n) is 2.22. The van der Waals surface area contributed by atoms with E-state index in [1.807, 2.05) is 0 Å². The lowest BCUT2D eigenvalue weighted by molar-refractivity contribution is 0.203. The van der Waals surface area contributed by atoms with Gasteiger partial charge in [0.2, 0.25) is 0 Å². The Morgan fingerprint density at radius 3 is 2.57 bits per heavy atom. The summed E-state index contributed by atoms with van der Waals surface area (Å²) in [7, 11) is 0. The zero-order chi connectivity index (χ0) is 10.8. The molecule has 0 rings (SSSR count). The van der Waals surface area contributed by atoms with E-state index in [0.717, 1.165) is 44.7 Å². The molecule has 3 heteroatoms. The fourth-order valence-corrected chi connectivity index (χ4v) is 1.25. The zero-order valence-corrected chi connectivity index (χ0v) is 9.55. The van der Waals surface area contributed by atoms with E-state index in [4.69, 9.17) is 5.11 Å². The summed E-state index contributed by atoms with van der Waals surface area (Å²) in [4.78, 5) is 2.22. The summed E-state index contributed by atoms with van der Waals surface area (Å²) in [5.74, 6) is 0. The van der Waals surface area contributed by atoms with Gasteiger partial charge in [-0.15, -0.1) is 0 Å². The summed E-state index contributed by atoms with van der Waals surface area (Å²) in [6, 6.07) is 0. The highest BCUT2D eigenvalue weighted by atomic mass is 16.3. The minimum Gasteiger partial charge on any atom is -0.395 e. The van der Waals surface area contributed by atoms with Crippen molar-refractivity contribution in [2.75, 3.05) is 32.8 Å². The first-order valence-electron chi connectivity index (χ1n) is 5.49. The van der Waals surface area contributed by atoms with Gasteiger partial charge in [-0.1, -0.05) is 20.4 Å². The molecule has 84 valence electrons. The van der Waals surface area contributed by atoms with Crippen LogP contribution in [0.15, 0.2) is 12.3 Å². The molecule has 0 atom stereocenters. The summed E-state index contributed by atoms with van der Waals surface area (Å²) in [5.41, 5.74) is 1.10. The van der Waals surface area contributed by atoms with Crippen molar-refractivity contribution < 1.29 is 5.11 Å². The molecule has 0 unspecified atom stereocenters. The molecule has 0 saturated carbocycles. The van der Waals surface area contributed by atoms with Crippen molar-refractivity contribution in [2.24, 2.45) is 0 Å². The number of aliphatic hydroxyl groups excluding tert-OH is 1. The van der Waals surface area contributed by atoms with Crippen LogP contribution in [0.5, 0.6) is 0 Å². The first-order valence-corrected chi connectivity index (χ1v) is 5.49. The van der Waals surface area contributed by atoms with Gasteiger partial charge in [0.15, 0.2) is 0 Å². The molecule has 0 spiro atoms. The topological polar surface area (TPSA) is 35.5 Å². The number of hydrogen-bond acceptors (Lipinski definition) is 3. The van der Waals surface area contributed by atoms with Gasteiger partial charge in [-0.3, -0.25) is 0 Å². The quantitative estimate of drug-likeness (QED) is 0.587. The first kappa shape index (κ1) is 13.5. The maximum absolute atomic E-state index is 8.79. The van der Waals surface area contributed by atoms with E-state index in [9.17, 15) is 0 Å². The normalized spacial score (nSPS) is 10.6.